The molecule has 0 saturated heterocycles. The maximum atomic E-state index is 13.2. The molecule has 1 heterocycles. The molecule has 0 radical (unpaired) electrons. The monoisotopic (exact) mass is 441 g/mol. The van der Waals surface area contributed by atoms with Crippen LogP contribution in [0.5, 0.6) is 0 Å². The summed E-state index contributed by atoms with van der Waals surface area (Å²) < 4.78 is 0. The minimum Gasteiger partial charge on any atom is -0.336 e. The first-order valence-corrected chi connectivity index (χ1v) is 11.0. The van der Waals surface area contributed by atoms with Crippen molar-refractivity contribution in [1.82, 2.24) is 4.90 Å². The minimum atomic E-state index is -0.310. The van der Waals surface area contributed by atoms with E-state index in [0.29, 0.717) is 11.4 Å². The van der Waals surface area contributed by atoms with Gasteiger partial charge in [-0.2, -0.15) is 0 Å². The lowest BCUT2D eigenvalue weighted by atomic mass is 10.0. The molecule has 4 rings (SSSR count). The molecule has 0 bridgehead atoms. The summed E-state index contributed by atoms with van der Waals surface area (Å²) in [6, 6.07) is 24.9. The molecule has 168 valence electrons. The van der Waals surface area contributed by atoms with E-state index in [0.717, 1.165) is 16.7 Å². The van der Waals surface area contributed by atoms with Crippen molar-refractivity contribution >= 4 is 29.1 Å². The van der Waals surface area contributed by atoms with E-state index in [1.165, 1.54) is 4.90 Å². The van der Waals surface area contributed by atoms with Gasteiger partial charge in [-0.25, -0.2) is 0 Å². The number of hydrogen-bond acceptors (Lipinski definition) is 3. The molecular formula is C27H27N3O3. The third kappa shape index (κ3) is 5.12. The second kappa shape index (κ2) is 9.69. The molecule has 3 aromatic rings. The molecule has 0 spiro atoms. The average molecular weight is 442 g/mol. The van der Waals surface area contributed by atoms with Crippen LogP contribution in [0.2, 0.25) is 0 Å². The van der Waals surface area contributed by atoms with Crippen molar-refractivity contribution in [3.8, 4) is 11.1 Å². The first kappa shape index (κ1) is 22.3. The smallest absolute Gasteiger partial charge is 0.246 e. The maximum Gasteiger partial charge on any atom is 0.246 e. The van der Waals surface area contributed by atoms with Gasteiger partial charge in [-0.05, 0) is 35.7 Å². The Morgan fingerprint density at radius 2 is 1.58 bits per heavy atom. The van der Waals surface area contributed by atoms with Crippen LogP contribution < -0.4 is 10.2 Å². The van der Waals surface area contributed by atoms with E-state index in [1.807, 2.05) is 79.7 Å². The van der Waals surface area contributed by atoms with Crippen molar-refractivity contribution < 1.29 is 14.4 Å². The predicted octanol–water partition coefficient (Wildman–Crippen LogP) is 4.12. The number of likely N-dealkylation sites (N-methyl/N-ethyl adjacent to an activating group) is 1. The molecule has 0 aromatic heterocycles. The van der Waals surface area contributed by atoms with Gasteiger partial charge in [-0.15, -0.1) is 0 Å². The zero-order valence-corrected chi connectivity index (χ0v) is 18.8. The van der Waals surface area contributed by atoms with E-state index >= 15 is 0 Å². The summed E-state index contributed by atoms with van der Waals surface area (Å²) in [4.78, 5) is 41.2. The van der Waals surface area contributed by atoms with Gasteiger partial charge in [-0.3, -0.25) is 14.4 Å². The first-order valence-electron chi connectivity index (χ1n) is 11.0. The van der Waals surface area contributed by atoms with Crippen LogP contribution in [-0.4, -0.2) is 42.3 Å². The van der Waals surface area contributed by atoms with Crippen LogP contribution in [-0.2, 0) is 20.8 Å². The van der Waals surface area contributed by atoms with Crippen LogP contribution in [0.3, 0.4) is 0 Å². The SMILES string of the molecule is C[C@@H]1CC(=O)Nc2ccccc2N1C(=O)CN(C)C(=O)Cc1ccc(-c2ccccc2)cc1. The fraction of sp³-hybridized carbons (Fsp3) is 0.222. The van der Waals surface area contributed by atoms with Crippen molar-refractivity contribution in [1.29, 1.82) is 0 Å². The lowest BCUT2D eigenvalue weighted by Crippen LogP contribution is -2.45. The van der Waals surface area contributed by atoms with Crippen LogP contribution in [0, 0.1) is 0 Å². The summed E-state index contributed by atoms with van der Waals surface area (Å²) in [5.41, 5.74) is 4.36. The van der Waals surface area contributed by atoms with Gasteiger partial charge in [-0.1, -0.05) is 66.7 Å². The van der Waals surface area contributed by atoms with E-state index < -0.39 is 0 Å². The number of fused-ring (bicyclic) bond motifs is 1. The summed E-state index contributed by atoms with van der Waals surface area (Å²) >= 11 is 0. The number of anilines is 2. The molecule has 6 nitrogen and oxygen atoms in total. The summed E-state index contributed by atoms with van der Waals surface area (Å²) in [6.45, 7) is 1.78. The largest absolute Gasteiger partial charge is 0.336 e. The Hall–Kier alpha value is -3.93. The Morgan fingerprint density at radius 3 is 2.30 bits per heavy atom. The Balaban J connectivity index is 1.42. The van der Waals surface area contributed by atoms with E-state index in [2.05, 4.69) is 5.32 Å². The van der Waals surface area contributed by atoms with Crippen LogP contribution in [0.25, 0.3) is 11.1 Å². The Morgan fingerprint density at radius 1 is 0.939 bits per heavy atom. The van der Waals surface area contributed by atoms with Crippen molar-refractivity contribution in [2.24, 2.45) is 0 Å². The van der Waals surface area contributed by atoms with Crippen molar-refractivity contribution in [3.63, 3.8) is 0 Å². The van der Waals surface area contributed by atoms with Gasteiger partial charge < -0.3 is 15.1 Å². The lowest BCUT2D eigenvalue weighted by Gasteiger charge is -2.29. The summed E-state index contributed by atoms with van der Waals surface area (Å²) in [6.07, 6.45) is 0.414. The van der Waals surface area contributed by atoms with Gasteiger partial charge in [0.05, 0.1) is 24.3 Å². The summed E-state index contributed by atoms with van der Waals surface area (Å²) in [5, 5.41) is 2.85. The number of rotatable bonds is 5. The van der Waals surface area contributed by atoms with E-state index in [1.54, 1.807) is 18.0 Å². The fourth-order valence-electron chi connectivity index (χ4n) is 4.09. The second-order valence-electron chi connectivity index (χ2n) is 8.37. The van der Waals surface area contributed by atoms with Crippen LogP contribution in [0.1, 0.15) is 18.9 Å². The topological polar surface area (TPSA) is 69.7 Å². The number of nitrogens with one attached hydrogen (secondary N) is 1. The van der Waals surface area contributed by atoms with Gasteiger partial charge in [0.15, 0.2) is 0 Å². The Labute approximate surface area is 193 Å². The number of amides is 3. The Bertz CT molecular complexity index is 1160. The third-order valence-electron chi connectivity index (χ3n) is 5.84. The van der Waals surface area contributed by atoms with Gasteiger partial charge in [0.25, 0.3) is 0 Å². The summed E-state index contributed by atoms with van der Waals surface area (Å²) in [5.74, 6) is -0.490. The number of carbonyl (C=O) groups is 3. The van der Waals surface area contributed by atoms with Gasteiger partial charge in [0, 0.05) is 19.5 Å². The fourth-order valence-corrected chi connectivity index (χ4v) is 4.09. The van der Waals surface area contributed by atoms with Gasteiger partial charge in [0.2, 0.25) is 17.7 Å². The van der Waals surface area contributed by atoms with E-state index in [9.17, 15) is 14.4 Å². The highest BCUT2D eigenvalue weighted by Crippen LogP contribution is 2.31. The highest BCUT2D eigenvalue weighted by atomic mass is 16.2. The molecule has 3 aromatic carbocycles. The second-order valence-corrected chi connectivity index (χ2v) is 8.37. The Kier molecular flexibility index (Phi) is 6.54. The molecule has 0 unspecified atom stereocenters. The van der Waals surface area contributed by atoms with Crippen molar-refractivity contribution in [2.45, 2.75) is 25.8 Å². The predicted molar refractivity (Wildman–Crippen MR) is 130 cm³/mol. The highest BCUT2D eigenvalue weighted by Gasteiger charge is 2.30. The number of carbonyl (C=O) groups excluding carboxylic acids is 3. The quantitative estimate of drug-likeness (QED) is 0.648. The number of nitrogens with zero attached hydrogens (tertiary/aromatic N) is 2. The molecule has 6 heteroatoms. The van der Waals surface area contributed by atoms with Crippen LogP contribution in [0.15, 0.2) is 78.9 Å². The molecule has 0 fully saturated rings. The average Bonchev–Trinajstić information content (AvgIpc) is 2.94. The molecule has 1 aliphatic rings. The highest BCUT2D eigenvalue weighted by molar-refractivity contribution is 6.05. The molecular weight excluding hydrogens is 414 g/mol. The molecule has 0 saturated carbocycles. The minimum absolute atomic E-state index is 0.0617. The lowest BCUT2D eigenvalue weighted by molar-refractivity contribution is -0.133. The van der Waals surface area contributed by atoms with Crippen LogP contribution in [0.4, 0.5) is 11.4 Å². The van der Waals surface area contributed by atoms with Crippen LogP contribution >= 0.6 is 0 Å². The molecule has 1 atom stereocenters. The standard InChI is InChI=1S/C27H27N3O3/c1-19-16-25(31)28-23-10-6-7-11-24(23)30(19)27(33)18-29(2)26(32)17-20-12-14-22(15-13-20)21-8-4-3-5-9-21/h3-15,19H,16-18H2,1-2H3,(H,28,31)/t19-/m1/s1. The number of benzene rings is 3. The molecule has 0 aliphatic carbocycles. The van der Waals surface area contributed by atoms with E-state index in [-0.39, 0.29) is 43.1 Å². The summed E-state index contributed by atoms with van der Waals surface area (Å²) in [7, 11) is 1.64. The molecule has 1 aliphatic heterocycles. The zero-order valence-electron chi connectivity index (χ0n) is 18.8. The first-order chi connectivity index (χ1) is 15.9. The third-order valence-corrected chi connectivity index (χ3v) is 5.84. The molecule has 1 N–H and O–H groups in total. The van der Waals surface area contributed by atoms with Gasteiger partial charge in [0.1, 0.15) is 0 Å². The van der Waals surface area contributed by atoms with Crippen molar-refractivity contribution in [3.05, 3.63) is 84.4 Å². The molecule has 3 amide bonds. The number of para-hydroxylation sites is 2. The zero-order chi connectivity index (χ0) is 23.4. The van der Waals surface area contributed by atoms with E-state index in [4.69, 9.17) is 0 Å². The van der Waals surface area contributed by atoms with Gasteiger partial charge >= 0.3 is 0 Å². The van der Waals surface area contributed by atoms with Crippen molar-refractivity contribution in [2.75, 3.05) is 23.8 Å². The number of hydrogen-bond donors (Lipinski definition) is 1. The molecule has 33 heavy (non-hydrogen) atoms. The maximum absolute atomic E-state index is 13.2. The normalized spacial score (nSPS) is 15.3.